The molecule has 0 saturated heterocycles. The Morgan fingerprint density at radius 1 is 1.21 bits per heavy atom. The van der Waals surface area contributed by atoms with Gasteiger partial charge in [0.15, 0.2) is 5.76 Å². The molecule has 1 N–H and O–H groups in total. The highest BCUT2D eigenvalue weighted by atomic mass is 79.9. The van der Waals surface area contributed by atoms with Crippen molar-refractivity contribution in [3.63, 3.8) is 0 Å². The molecule has 1 atom stereocenters. The van der Waals surface area contributed by atoms with E-state index in [4.69, 9.17) is 0 Å². The van der Waals surface area contributed by atoms with Gasteiger partial charge in [0, 0.05) is 17.6 Å². The summed E-state index contributed by atoms with van der Waals surface area (Å²) in [6, 6.07) is 10.4. The number of Topliss-reactive ketones (excluding diaryl/α,β-unsaturated/α-hetero) is 1. The summed E-state index contributed by atoms with van der Waals surface area (Å²) >= 11 is 4.73. The lowest BCUT2D eigenvalue weighted by Gasteiger charge is -2.29. The summed E-state index contributed by atoms with van der Waals surface area (Å²) < 4.78 is 0.912. The van der Waals surface area contributed by atoms with Gasteiger partial charge in [-0.2, -0.15) is 0 Å². The van der Waals surface area contributed by atoms with E-state index < -0.39 is 17.7 Å². The maximum absolute atomic E-state index is 13.1. The largest absolute Gasteiger partial charge is 0.503 e. The van der Waals surface area contributed by atoms with Crippen molar-refractivity contribution in [2.24, 2.45) is 0 Å². The number of aliphatic hydroxyl groups is 1. The molecule has 0 unspecified atom stereocenters. The molecule has 0 radical (unpaired) electrons. The highest BCUT2D eigenvalue weighted by Crippen LogP contribution is 2.39. The quantitative estimate of drug-likeness (QED) is 0.589. The number of hydrogen-bond donors (Lipinski definition) is 1. The number of ketones is 1. The fourth-order valence-electron chi connectivity index (χ4n) is 3.44. The Balaban J connectivity index is 1.99. The number of aliphatic hydroxyl groups excluding tert-OH is 1. The number of hydrogen-bond acceptors (Lipinski definition) is 5. The van der Waals surface area contributed by atoms with Gasteiger partial charge in [-0.25, -0.2) is 0 Å². The van der Waals surface area contributed by atoms with Gasteiger partial charge in [-0.05, 0) is 42.2 Å². The monoisotopic (exact) mass is 462 g/mol. The third-order valence-corrected chi connectivity index (χ3v) is 6.43. The van der Waals surface area contributed by atoms with E-state index in [1.54, 1.807) is 17.0 Å². The van der Waals surface area contributed by atoms with E-state index >= 15 is 0 Å². The molecule has 1 aromatic heterocycles. The highest BCUT2D eigenvalue weighted by Gasteiger charge is 2.43. The van der Waals surface area contributed by atoms with Gasteiger partial charge in [-0.15, -0.1) is 11.3 Å². The highest BCUT2D eigenvalue weighted by molar-refractivity contribution is 9.10. The minimum atomic E-state index is -0.592. The van der Waals surface area contributed by atoms with Crippen molar-refractivity contribution in [1.29, 1.82) is 0 Å². The minimum Gasteiger partial charge on any atom is -0.503 e. The molecule has 2 heterocycles. The molecule has 28 heavy (non-hydrogen) atoms. The second kappa shape index (κ2) is 9.03. The van der Waals surface area contributed by atoms with Crippen LogP contribution in [0.25, 0.3) is 0 Å². The molecule has 0 bridgehead atoms. The number of rotatable bonds is 8. The maximum Gasteiger partial charge on any atom is 0.290 e. The molecule has 0 saturated carbocycles. The van der Waals surface area contributed by atoms with Crippen molar-refractivity contribution < 1.29 is 14.7 Å². The van der Waals surface area contributed by atoms with Crippen LogP contribution in [-0.4, -0.2) is 52.8 Å². The summed E-state index contributed by atoms with van der Waals surface area (Å²) in [6.45, 7) is 7.02. The number of carbonyl (C=O) groups is 2. The third-order valence-electron chi connectivity index (χ3n) is 5.03. The summed E-state index contributed by atoms with van der Waals surface area (Å²) in [4.78, 5) is 30.3. The van der Waals surface area contributed by atoms with Gasteiger partial charge in [-0.3, -0.25) is 9.59 Å². The Morgan fingerprint density at radius 3 is 2.46 bits per heavy atom. The normalized spacial score (nSPS) is 17.1. The zero-order chi connectivity index (χ0) is 20.3. The molecule has 0 fully saturated rings. The van der Waals surface area contributed by atoms with E-state index in [1.807, 2.05) is 29.6 Å². The van der Waals surface area contributed by atoms with Gasteiger partial charge in [0.1, 0.15) is 0 Å². The summed E-state index contributed by atoms with van der Waals surface area (Å²) in [5.41, 5.74) is 0.967. The van der Waals surface area contributed by atoms with Gasteiger partial charge >= 0.3 is 0 Å². The number of carbonyl (C=O) groups excluding carboxylic acids is 2. The first-order valence-corrected chi connectivity index (χ1v) is 10.9. The smallest absolute Gasteiger partial charge is 0.290 e. The summed E-state index contributed by atoms with van der Waals surface area (Å²) in [6.07, 6.45) is 0. The first kappa shape index (κ1) is 20.8. The predicted molar refractivity (Wildman–Crippen MR) is 115 cm³/mol. The number of likely N-dealkylation sites (N-methyl/N-ethyl adjacent to an activating group) is 1. The van der Waals surface area contributed by atoms with Crippen molar-refractivity contribution in [1.82, 2.24) is 9.80 Å². The molecule has 2 aromatic rings. The Kier molecular flexibility index (Phi) is 6.69. The van der Waals surface area contributed by atoms with Gasteiger partial charge < -0.3 is 14.9 Å². The maximum atomic E-state index is 13.1. The average molecular weight is 463 g/mol. The second-order valence-corrected chi connectivity index (χ2v) is 8.41. The van der Waals surface area contributed by atoms with Crippen molar-refractivity contribution >= 4 is 39.0 Å². The fourth-order valence-corrected chi connectivity index (χ4v) is 4.38. The number of halogens is 1. The van der Waals surface area contributed by atoms with Crippen molar-refractivity contribution in [2.45, 2.75) is 19.9 Å². The lowest BCUT2D eigenvalue weighted by molar-refractivity contribution is -0.129. The van der Waals surface area contributed by atoms with E-state index in [0.717, 1.165) is 23.1 Å². The van der Waals surface area contributed by atoms with E-state index in [1.165, 1.54) is 11.3 Å². The molecule has 1 aromatic carbocycles. The molecule has 1 amide bonds. The standard InChI is InChI=1S/C21H23BrN2O3S/c1-3-23(4-2)11-12-24-18(14-7-9-15(22)10-8-14)17(20(26)21(24)27)19(25)16-6-5-13-28-16/h5-10,13,18,26H,3-4,11-12H2,1-2H3/t18-/m0/s1. The molecule has 148 valence electrons. The van der Waals surface area contributed by atoms with Crippen LogP contribution < -0.4 is 0 Å². The summed E-state index contributed by atoms with van der Waals surface area (Å²) in [5, 5.41) is 12.4. The fraction of sp³-hybridized carbons (Fsp3) is 0.333. The van der Waals surface area contributed by atoms with Crippen molar-refractivity contribution in [3.05, 3.63) is 68.0 Å². The van der Waals surface area contributed by atoms with Gasteiger partial charge in [0.25, 0.3) is 5.91 Å². The van der Waals surface area contributed by atoms with Crippen LogP contribution in [0.5, 0.6) is 0 Å². The molecular formula is C21H23BrN2O3S. The predicted octanol–water partition coefficient (Wildman–Crippen LogP) is 4.43. The first-order chi connectivity index (χ1) is 13.5. The minimum absolute atomic E-state index is 0.161. The van der Waals surface area contributed by atoms with Crippen LogP contribution in [0.1, 0.15) is 35.1 Å². The molecule has 0 spiro atoms. The van der Waals surface area contributed by atoms with E-state index in [0.29, 0.717) is 18.0 Å². The van der Waals surface area contributed by atoms with Gasteiger partial charge in [0.2, 0.25) is 5.78 Å². The molecule has 5 nitrogen and oxygen atoms in total. The zero-order valence-corrected chi connectivity index (χ0v) is 18.3. The first-order valence-electron chi connectivity index (χ1n) is 9.28. The second-order valence-electron chi connectivity index (χ2n) is 6.55. The Hall–Kier alpha value is -1.96. The van der Waals surface area contributed by atoms with E-state index in [2.05, 4.69) is 34.7 Å². The van der Waals surface area contributed by atoms with Crippen molar-refractivity contribution in [3.8, 4) is 0 Å². The topological polar surface area (TPSA) is 60.9 Å². The number of benzene rings is 1. The van der Waals surface area contributed by atoms with E-state index in [-0.39, 0.29) is 11.4 Å². The lowest BCUT2D eigenvalue weighted by Crippen LogP contribution is -2.38. The van der Waals surface area contributed by atoms with Crippen LogP contribution in [0, 0.1) is 0 Å². The van der Waals surface area contributed by atoms with Gasteiger partial charge in [-0.1, -0.05) is 48.0 Å². The third kappa shape index (κ3) is 4.06. The van der Waals surface area contributed by atoms with Crippen LogP contribution in [0.2, 0.25) is 0 Å². The Labute approximate surface area is 177 Å². The Bertz CT molecular complexity index is 874. The number of thiophene rings is 1. The SMILES string of the molecule is CCN(CC)CCN1C(=O)C(O)=C(C(=O)c2cccs2)[C@@H]1c1ccc(Br)cc1. The van der Waals surface area contributed by atoms with Crippen LogP contribution in [-0.2, 0) is 4.79 Å². The molecule has 1 aliphatic heterocycles. The average Bonchev–Trinajstić information content (AvgIpc) is 3.32. The molecule has 3 rings (SSSR count). The van der Waals surface area contributed by atoms with Gasteiger partial charge in [0.05, 0.1) is 16.5 Å². The van der Waals surface area contributed by atoms with Crippen LogP contribution in [0.3, 0.4) is 0 Å². The number of amides is 1. The van der Waals surface area contributed by atoms with E-state index in [9.17, 15) is 14.7 Å². The van der Waals surface area contributed by atoms with Crippen LogP contribution >= 0.6 is 27.3 Å². The van der Waals surface area contributed by atoms with Crippen LogP contribution in [0.4, 0.5) is 0 Å². The zero-order valence-electron chi connectivity index (χ0n) is 15.9. The molecular weight excluding hydrogens is 440 g/mol. The molecule has 7 heteroatoms. The lowest BCUT2D eigenvalue weighted by atomic mass is 9.95. The van der Waals surface area contributed by atoms with Crippen LogP contribution in [0.15, 0.2) is 57.6 Å². The van der Waals surface area contributed by atoms with Crippen molar-refractivity contribution in [2.75, 3.05) is 26.2 Å². The number of nitrogens with zero attached hydrogens (tertiary/aromatic N) is 2. The molecule has 0 aliphatic carbocycles. The summed E-state index contributed by atoms with van der Waals surface area (Å²) in [5.74, 6) is -1.22. The summed E-state index contributed by atoms with van der Waals surface area (Å²) in [7, 11) is 0. The molecule has 1 aliphatic rings. The Morgan fingerprint density at radius 2 is 1.89 bits per heavy atom.